The Labute approximate surface area is 178 Å². The highest BCUT2D eigenvalue weighted by Crippen LogP contribution is 2.35. The number of rotatable bonds is 3. The molecule has 3 aromatic heterocycles. The Morgan fingerprint density at radius 2 is 1.97 bits per heavy atom. The first-order chi connectivity index (χ1) is 14.5. The van der Waals surface area contributed by atoms with Crippen molar-refractivity contribution in [1.29, 1.82) is 0 Å². The molecule has 7 heteroatoms. The number of aryl methyl sites for hydroxylation is 1. The third kappa shape index (κ3) is 3.27. The summed E-state index contributed by atoms with van der Waals surface area (Å²) in [6, 6.07) is 10.2. The number of likely N-dealkylation sites (tertiary alicyclic amines) is 1. The van der Waals surface area contributed by atoms with E-state index in [2.05, 4.69) is 42.2 Å². The summed E-state index contributed by atoms with van der Waals surface area (Å²) in [7, 11) is 0. The number of amides is 1. The summed E-state index contributed by atoms with van der Waals surface area (Å²) < 4.78 is 6.61. The summed E-state index contributed by atoms with van der Waals surface area (Å²) >= 11 is 1.78. The van der Waals surface area contributed by atoms with Crippen LogP contribution in [-0.4, -0.2) is 39.0 Å². The van der Waals surface area contributed by atoms with E-state index in [-0.39, 0.29) is 11.8 Å². The second-order valence-electron chi connectivity index (χ2n) is 8.28. The van der Waals surface area contributed by atoms with Gasteiger partial charge in [0.15, 0.2) is 0 Å². The molecule has 0 radical (unpaired) electrons. The number of aromatic nitrogens is 3. The molecule has 1 amide bonds. The molecular formula is C23H24N4O2S. The van der Waals surface area contributed by atoms with Crippen molar-refractivity contribution in [2.75, 3.05) is 13.1 Å². The van der Waals surface area contributed by atoms with Gasteiger partial charge in [-0.3, -0.25) is 4.79 Å². The molecule has 1 aromatic carbocycles. The number of hydrogen-bond donors (Lipinski definition) is 0. The summed E-state index contributed by atoms with van der Waals surface area (Å²) in [6.07, 6.45) is 1.86. The number of para-hydroxylation sites is 1. The monoisotopic (exact) mass is 420 g/mol. The van der Waals surface area contributed by atoms with E-state index in [1.165, 1.54) is 9.71 Å². The maximum atomic E-state index is 13.4. The van der Waals surface area contributed by atoms with Gasteiger partial charge in [0.2, 0.25) is 0 Å². The van der Waals surface area contributed by atoms with Gasteiger partial charge in [-0.2, -0.15) is 0 Å². The topological polar surface area (TPSA) is 72.1 Å². The predicted octanol–water partition coefficient (Wildman–Crippen LogP) is 5.28. The van der Waals surface area contributed by atoms with Gasteiger partial charge in [0.1, 0.15) is 0 Å². The van der Waals surface area contributed by atoms with Gasteiger partial charge in [-0.25, -0.2) is 9.97 Å². The van der Waals surface area contributed by atoms with Gasteiger partial charge in [-0.05, 0) is 43.9 Å². The fraction of sp³-hybridized carbons (Fsp3) is 0.391. The highest BCUT2D eigenvalue weighted by Gasteiger charge is 2.29. The molecule has 0 aliphatic carbocycles. The van der Waals surface area contributed by atoms with Gasteiger partial charge in [-0.15, -0.1) is 11.3 Å². The Balaban J connectivity index is 1.38. The zero-order valence-electron chi connectivity index (χ0n) is 17.4. The highest BCUT2D eigenvalue weighted by atomic mass is 32.1. The van der Waals surface area contributed by atoms with Crippen molar-refractivity contribution in [1.82, 2.24) is 20.0 Å². The van der Waals surface area contributed by atoms with Crippen LogP contribution in [0.25, 0.3) is 21.3 Å². The van der Waals surface area contributed by atoms with Crippen molar-refractivity contribution in [3.63, 3.8) is 0 Å². The zero-order chi connectivity index (χ0) is 20.8. The Kier molecular flexibility index (Phi) is 4.77. The van der Waals surface area contributed by atoms with Crippen molar-refractivity contribution < 1.29 is 9.32 Å². The highest BCUT2D eigenvalue weighted by molar-refractivity contribution is 7.18. The number of carbonyl (C=O) groups is 1. The summed E-state index contributed by atoms with van der Waals surface area (Å²) in [5, 5.41) is 5.96. The van der Waals surface area contributed by atoms with Crippen LogP contribution in [0.3, 0.4) is 0 Å². The van der Waals surface area contributed by atoms with E-state index in [4.69, 9.17) is 9.51 Å². The second-order valence-corrected chi connectivity index (χ2v) is 9.35. The molecule has 6 nitrogen and oxygen atoms in total. The quantitative estimate of drug-likeness (QED) is 0.451. The van der Waals surface area contributed by atoms with Gasteiger partial charge in [0, 0.05) is 24.7 Å². The molecular weight excluding hydrogens is 396 g/mol. The first-order valence-corrected chi connectivity index (χ1v) is 11.2. The fourth-order valence-electron chi connectivity index (χ4n) is 4.14. The average Bonchev–Trinajstić information content (AvgIpc) is 3.36. The third-order valence-electron chi connectivity index (χ3n) is 5.90. The Morgan fingerprint density at radius 1 is 1.20 bits per heavy atom. The number of piperidine rings is 1. The Morgan fingerprint density at radius 3 is 2.70 bits per heavy atom. The lowest BCUT2D eigenvalue weighted by molar-refractivity contribution is 0.0714. The Bertz CT molecular complexity index is 1200. The van der Waals surface area contributed by atoms with Crippen LogP contribution >= 0.6 is 11.3 Å². The number of pyridine rings is 1. The molecule has 0 atom stereocenters. The lowest BCUT2D eigenvalue weighted by atomic mass is 9.96. The number of nitrogens with zero attached hydrogens (tertiary/aromatic N) is 4. The molecule has 4 heterocycles. The summed E-state index contributed by atoms with van der Waals surface area (Å²) in [5.41, 5.74) is 3.73. The first kappa shape index (κ1) is 19.2. The van der Waals surface area contributed by atoms with Crippen LogP contribution in [0.4, 0.5) is 0 Å². The van der Waals surface area contributed by atoms with Crippen LogP contribution in [0, 0.1) is 6.92 Å². The molecule has 4 aromatic rings. The third-order valence-corrected chi connectivity index (χ3v) is 7.10. The van der Waals surface area contributed by atoms with Gasteiger partial charge in [0.05, 0.1) is 31.9 Å². The van der Waals surface area contributed by atoms with Crippen molar-refractivity contribution in [2.24, 2.45) is 0 Å². The minimum absolute atomic E-state index is 0.0401. The zero-order valence-corrected chi connectivity index (χ0v) is 18.2. The van der Waals surface area contributed by atoms with E-state index in [9.17, 15) is 4.79 Å². The van der Waals surface area contributed by atoms with E-state index < -0.39 is 0 Å². The number of carbonyl (C=O) groups excluding carboxylic acids is 1. The minimum Gasteiger partial charge on any atom is -0.339 e. The van der Waals surface area contributed by atoms with Crippen LogP contribution in [0.2, 0.25) is 0 Å². The van der Waals surface area contributed by atoms with E-state index in [0.717, 1.165) is 42.5 Å². The molecule has 1 saturated heterocycles. The molecule has 1 fully saturated rings. The van der Waals surface area contributed by atoms with Gasteiger partial charge in [-0.1, -0.05) is 31.1 Å². The van der Waals surface area contributed by atoms with E-state index in [1.54, 1.807) is 11.3 Å². The smallest absolute Gasteiger partial charge is 0.259 e. The number of benzene rings is 1. The molecule has 0 spiro atoms. The molecule has 0 N–H and O–H groups in total. The van der Waals surface area contributed by atoms with Crippen molar-refractivity contribution in [3.8, 4) is 0 Å². The lowest BCUT2D eigenvalue weighted by Gasteiger charge is -2.31. The molecule has 5 rings (SSSR count). The molecule has 1 aliphatic heterocycles. The second kappa shape index (κ2) is 7.47. The largest absolute Gasteiger partial charge is 0.339 e. The molecule has 154 valence electrons. The summed E-state index contributed by atoms with van der Waals surface area (Å²) in [5.74, 6) is 0.655. The van der Waals surface area contributed by atoms with Gasteiger partial charge >= 0.3 is 0 Å². The summed E-state index contributed by atoms with van der Waals surface area (Å²) in [6.45, 7) is 7.44. The minimum atomic E-state index is 0.0401. The molecule has 0 bridgehead atoms. The number of fused-ring (bicyclic) bond motifs is 2. The Hall–Kier alpha value is -2.80. The van der Waals surface area contributed by atoms with Gasteiger partial charge < -0.3 is 9.42 Å². The maximum absolute atomic E-state index is 13.4. The van der Waals surface area contributed by atoms with E-state index >= 15 is 0 Å². The standard InChI is InChI=1S/C23H24N4O2S/c1-13(2)18-12-16(20-14(3)26-29-21(20)24-18)23(28)27-10-8-15(9-11-27)22-25-17-6-4-5-7-19(17)30-22/h4-7,12-13,15H,8-11H2,1-3H3. The fourth-order valence-corrected chi connectivity index (χ4v) is 5.28. The predicted molar refractivity (Wildman–Crippen MR) is 118 cm³/mol. The van der Waals surface area contributed by atoms with Crippen LogP contribution in [-0.2, 0) is 0 Å². The average molecular weight is 421 g/mol. The molecule has 0 saturated carbocycles. The van der Waals surface area contributed by atoms with E-state index in [1.807, 2.05) is 24.0 Å². The van der Waals surface area contributed by atoms with Crippen molar-refractivity contribution in [2.45, 2.75) is 45.4 Å². The van der Waals surface area contributed by atoms with Gasteiger partial charge in [0.25, 0.3) is 11.6 Å². The van der Waals surface area contributed by atoms with E-state index in [0.29, 0.717) is 22.9 Å². The normalized spacial score (nSPS) is 15.5. The van der Waals surface area contributed by atoms with Crippen LogP contribution in [0.5, 0.6) is 0 Å². The van der Waals surface area contributed by atoms with Crippen molar-refractivity contribution >= 4 is 38.6 Å². The summed E-state index contributed by atoms with van der Waals surface area (Å²) in [4.78, 5) is 24.8. The lowest BCUT2D eigenvalue weighted by Crippen LogP contribution is -2.38. The van der Waals surface area contributed by atoms with Crippen LogP contribution < -0.4 is 0 Å². The SMILES string of the molecule is Cc1noc2nc(C(C)C)cc(C(=O)N3CCC(c4nc5ccccc5s4)CC3)c12. The number of hydrogen-bond acceptors (Lipinski definition) is 6. The molecule has 0 unspecified atom stereocenters. The maximum Gasteiger partial charge on any atom is 0.259 e. The van der Waals surface area contributed by atoms with Crippen molar-refractivity contribution in [3.05, 3.63) is 52.3 Å². The molecule has 30 heavy (non-hydrogen) atoms. The van der Waals surface area contributed by atoms with Crippen LogP contribution in [0.15, 0.2) is 34.9 Å². The first-order valence-electron chi connectivity index (χ1n) is 10.4. The van der Waals surface area contributed by atoms with Crippen LogP contribution in [0.1, 0.15) is 65.3 Å². The number of thiazole rings is 1. The molecule has 1 aliphatic rings.